The molecule has 0 aromatic heterocycles. The molecule has 0 bridgehead atoms. The predicted molar refractivity (Wildman–Crippen MR) is 117 cm³/mol. The van der Waals surface area contributed by atoms with Crippen molar-refractivity contribution in [3.63, 3.8) is 0 Å². The lowest BCUT2D eigenvalue weighted by Gasteiger charge is -2.30. The minimum Gasteiger partial charge on any atom is -0.491 e. The van der Waals surface area contributed by atoms with E-state index in [0.29, 0.717) is 30.2 Å². The number of hydrogen-bond donors (Lipinski definition) is 2. The van der Waals surface area contributed by atoms with Crippen LogP contribution in [0.1, 0.15) is 49.9 Å². The number of benzene rings is 1. The number of rotatable bonds is 3. The quantitative estimate of drug-likeness (QED) is 0.791. The highest BCUT2D eigenvalue weighted by molar-refractivity contribution is 5.98. The van der Waals surface area contributed by atoms with Gasteiger partial charge in [-0.15, -0.1) is 0 Å². The molecule has 1 saturated carbocycles. The Hall–Kier alpha value is -2.12. The molecule has 0 radical (unpaired) electrons. The largest absolute Gasteiger partial charge is 0.491 e. The first kappa shape index (κ1) is 22.6. The smallest absolute Gasteiger partial charge is 0.257 e. The van der Waals surface area contributed by atoms with Crippen molar-refractivity contribution in [1.82, 2.24) is 10.2 Å². The van der Waals surface area contributed by atoms with Crippen LogP contribution in [0.15, 0.2) is 18.2 Å². The Morgan fingerprint density at radius 3 is 2.70 bits per heavy atom. The Morgan fingerprint density at radius 2 is 2.00 bits per heavy atom. The molecule has 7 heteroatoms. The van der Waals surface area contributed by atoms with E-state index in [0.717, 1.165) is 32.2 Å². The summed E-state index contributed by atoms with van der Waals surface area (Å²) >= 11 is 0. The van der Waals surface area contributed by atoms with Crippen molar-refractivity contribution in [2.75, 3.05) is 39.2 Å². The van der Waals surface area contributed by atoms with Crippen LogP contribution in [0.4, 0.5) is 5.69 Å². The summed E-state index contributed by atoms with van der Waals surface area (Å²) in [5, 5.41) is 6.48. The van der Waals surface area contributed by atoms with Crippen molar-refractivity contribution in [1.29, 1.82) is 0 Å². The summed E-state index contributed by atoms with van der Waals surface area (Å²) in [6, 6.07) is 5.41. The number of carbonyl (C=O) groups is 2. The first-order chi connectivity index (χ1) is 14.4. The van der Waals surface area contributed by atoms with Gasteiger partial charge in [-0.3, -0.25) is 9.59 Å². The Balaban J connectivity index is 1.83. The van der Waals surface area contributed by atoms with Gasteiger partial charge in [0.05, 0.1) is 11.7 Å². The van der Waals surface area contributed by atoms with Crippen LogP contribution < -0.4 is 15.4 Å². The summed E-state index contributed by atoms with van der Waals surface area (Å²) in [4.78, 5) is 27.3. The fraction of sp³-hybridized carbons (Fsp3) is 0.652. The maximum absolute atomic E-state index is 13.1. The van der Waals surface area contributed by atoms with Crippen molar-refractivity contribution < 1.29 is 19.1 Å². The van der Waals surface area contributed by atoms with Crippen molar-refractivity contribution in [3.8, 4) is 5.75 Å². The molecule has 0 unspecified atom stereocenters. The van der Waals surface area contributed by atoms with Gasteiger partial charge >= 0.3 is 0 Å². The van der Waals surface area contributed by atoms with Crippen LogP contribution in [0.25, 0.3) is 0 Å². The van der Waals surface area contributed by atoms with Gasteiger partial charge in [-0.25, -0.2) is 0 Å². The molecule has 3 atom stereocenters. The normalized spacial score (nSPS) is 26.3. The zero-order chi connectivity index (χ0) is 21.7. The number of likely N-dealkylation sites (N-methyl/N-ethyl adjacent to an activating group) is 1. The summed E-state index contributed by atoms with van der Waals surface area (Å²) in [5.74, 6) is 0.758. The van der Waals surface area contributed by atoms with Crippen molar-refractivity contribution in [2.45, 2.75) is 51.7 Å². The molecule has 1 fully saturated rings. The molecular weight excluding hydrogens is 382 g/mol. The van der Waals surface area contributed by atoms with E-state index in [1.807, 2.05) is 0 Å². The first-order valence-corrected chi connectivity index (χ1v) is 11.0. The summed E-state index contributed by atoms with van der Waals surface area (Å²) < 4.78 is 11.7. The molecule has 0 saturated heterocycles. The predicted octanol–water partition coefficient (Wildman–Crippen LogP) is 2.91. The highest BCUT2D eigenvalue weighted by Crippen LogP contribution is 2.29. The summed E-state index contributed by atoms with van der Waals surface area (Å²) in [5.41, 5.74) is 1.16. The summed E-state index contributed by atoms with van der Waals surface area (Å²) in [6.07, 6.45) is 4.04. The van der Waals surface area contributed by atoms with Crippen LogP contribution in [-0.4, -0.2) is 62.7 Å². The van der Waals surface area contributed by atoms with Crippen LogP contribution in [0.5, 0.6) is 5.75 Å². The number of nitrogens with zero attached hydrogens (tertiary/aromatic N) is 1. The minimum atomic E-state index is -0.117. The molecule has 0 spiro atoms. The molecular formula is C23H35N3O4. The van der Waals surface area contributed by atoms with E-state index in [1.165, 1.54) is 0 Å². The lowest BCUT2D eigenvalue weighted by Crippen LogP contribution is -2.44. The number of ether oxygens (including phenoxy) is 2. The van der Waals surface area contributed by atoms with Crippen molar-refractivity contribution in [3.05, 3.63) is 23.8 Å². The van der Waals surface area contributed by atoms with Gasteiger partial charge < -0.3 is 25.0 Å². The second-order valence-corrected chi connectivity index (χ2v) is 8.74. The third kappa shape index (κ3) is 5.52. The SMILES string of the molecule is CO[C@@H]1CN(C)C(=O)c2ccc(NC(=O)C3CCCC3)cc2OC[C@@H](C)NC[C@@H]1C. The zero-order valence-electron chi connectivity index (χ0n) is 18.6. The maximum Gasteiger partial charge on any atom is 0.257 e. The average Bonchev–Trinajstić information content (AvgIpc) is 3.28. The van der Waals surface area contributed by atoms with Gasteiger partial charge in [0.2, 0.25) is 5.91 Å². The molecule has 1 aliphatic heterocycles. The summed E-state index contributed by atoms with van der Waals surface area (Å²) in [7, 11) is 3.47. The van der Waals surface area contributed by atoms with E-state index in [4.69, 9.17) is 9.47 Å². The van der Waals surface area contributed by atoms with Gasteiger partial charge in [-0.1, -0.05) is 19.8 Å². The molecule has 3 rings (SSSR count). The van der Waals surface area contributed by atoms with Crippen molar-refractivity contribution >= 4 is 17.5 Å². The first-order valence-electron chi connectivity index (χ1n) is 11.0. The van der Waals surface area contributed by atoms with Gasteiger partial charge in [-0.05, 0) is 37.8 Å². The van der Waals surface area contributed by atoms with E-state index in [-0.39, 0.29) is 35.8 Å². The second kappa shape index (κ2) is 10.3. The fourth-order valence-electron chi connectivity index (χ4n) is 4.17. The van der Waals surface area contributed by atoms with Crippen LogP contribution in [0.2, 0.25) is 0 Å². The van der Waals surface area contributed by atoms with Gasteiger partial charge in [0.15, 0.2) is 0 Å². The van der Waals surface area contributed by atoms with Gasteiger partial charge in [0, 0.05) is 51.0 Å². The molecule has 2 aliphatic rings. The monoisotopic (exact) mass is 417 g/mol. The van der Waals surface area contributed by atoms with Crippen molar-refractivity contribution in [2.24, 2.45) is 11.8 Å². The molecule has 7 nitrogen and oxygen atoms in total. The second-order valence-electron chi connectivity index (χ2n) is 8.74. The number of fused-ring (bicyclic) bond motifs is 1. The highest BCUT2D eigenvalue weighted by atomic mass is 16.5. The standard InChI is InChI=1S/C23H35N3O4/c1-15-12-24-16(2)14-30-20-11-18(25-22(27)17-7-5-6-8-17)9-10-19(20)23(28)26(3)13-21(15)29-4/h9-11,15-17,21,24H,5-8,12-14H2,1-4H3,(H,25,27)/t15-,16+,21+/m0/s1. The van der Waals surface area contributed by atoms with Gasteiger partial charge in [-0.2, -0.15) is 0 Å². The minimum absolute atomic E-state index is 0.0519. The molecule has 166 valence electrons. The molecule has 1 aromatic carbocycles. The molecule has 1 aromatic rings. The Labute approximate surface area is 179 Å². The number of hydrogen-bond acceptors (Lipinski definition) is 5. The number of carbonyl (C=O) groups excluding carboxylic acids is 2. The lowest BCUT2D eigenvalue weighted by molar-refractivity contribution is -0.119. The number of anilines is 1. The Morgan fingerprint density at radius 1 is 1.27 bits per heavy atom. The van der Waals surface area contributed by atoms with E-state index in [9.17, 15) is 9.59 Å². The Kier molecular flexibility index (Phi) is 7.72. The van der Waals surface area contributed by atoms with E-state index >= 15 is 0 Å². The third-order valence-corrected chi connectivity index (χ3v) is 6.22. The van der Waals surface area contributed by atoms with Crippen LogP contribution >= 0.6 is 0 Å². The Bertz CT molecular complexity index is 748. The molecule has 30 heavy (non-hydrogen) atoms. The van der Waals surface area contributed by atoms with E-state index < -0.39 is 0 Å². The molecule has 2 amide bonds. The molecule has 2 N–H and O–H groups in total. The average molecular weight is 418 g/mol. The van der Waals surface area contributed by atoms with Crippen LogP contribution in [-0.2, 0) is 9.53 Å². The summed E-state index contributed by atoms with van der Waals surface area (Å²) in [6.45, 7) is 5.86. The molecule has 1 heterocycles. The number of amides is 2. The molecule has 1 aliphatic carbocycles. The van der Waals surface area contributed by atoms with E-state index in [2.05, 4.69) is 24.5 Å². The van der Waals surface area contributed by atoms with E-state index in [1.54, 1.807) is 37.3 Å². The van der Waals surface area contributed by atoms with Gasteiger partial charge in [0.25, 0.3) is 5.91 Å². The number of nitrogens with one attached hydrogen (secondary N) is 2. The fourth-order valence-corrected chi connectivity index (χ4v) is 4.17. The number of methoxy groups -OCH3 is 1. The third-order valence-electron chi connectivity index (χ3n) is 6.22. The van der Waals surface area contributed by atoms with Gasteiger partial charge in [0.1, 0.15) is 12.4 Å². The topological polar surface area (TPSA) is 79.9 Å². The van der Waals surface area contributed by atoms with Crippen LogP contribution in [0, 0.1) is 11.8 Å². The zero-order valence-corrected chi connectivity index (χ0v) is 18.6. The van der Waals surface area contributed by atoms with Crippen LogP contribution in [0.3, 0.4) is 0 Å². The highest BCUT2D eigenvalue weighted by Gasteiger charge is 2.26. The lowest BCUT2D eigenvalue weighted by atomic mass is 10.0. The maximum atomic E-state index is 13.1.